The van der Waals surface area contributed by atoms with Crippen LogP contribution in [0.4, 0.5) is 0 Å². The van der Waals surface area contributed by atoms with Gasteiger partial charge in [0.1, 0.15) is 0 Å². The summed E-state index contributed by atoms with van der Waals surface area (Å²) in [5.74, 6) is -0.323. The minimum atomic E-state index is -3.39. The average Bonchev–Trinajstić information content (AvgIpc) is 2.74. The monoisotopic (exact) mass is 433 g/mol. The first-order valence-electron chi connectivity index (χ1n) is 9.65. The first-order chi connectivity index (χ1) is 14.0. The van der Waals surface area contributed by atoms with Crippen molar-refractivity contribution in [2.24, 2.45) is 0 Å². The Labute approximate surface area is 177 Å². The molecule has 2 aromatic carbocycles. The van der Waals surface area contributed by atoms with Crippen LogP contribution in [0.2, 0.25) is 0 Å². The Bertz CT molecular complexity index is 912. The molecule has 0 aliphatic carbocycles. The maximum atomic E-state index is 12.6. The Balaban J connectivity index is 1.46. The summed E-state index contributed by atoms with van der Waals surface area (Å²) in [6, 6.07) is 17.5. The van der Waals surface area contributed by atoms with E-state index < -0.39 is 10.0 Å². The number of rotatable bonds is 8. The van der Waals surface area contributed by atoms with Crippen molar-refractivity contribution >= 4 is 27.7 Å². The van der Waals surface area contributed by atoms with Crippen molar-refractivity contribution in [1.29, 1.82) is 0 Å². The molecule has 3 rings (SSSR count). The minimum absolute atomic E-state index is 0.0845. The van der Waals surface area contributed by atoms with Gasteiger partial charge in [-0.25, -0.2) is 8.42 Å². The number of nitrogens with one attached hydrogen (secondary N) is 1. The van der Waals surface area contributed by atoms with Crippen LogP contribution in [-0.2, 0) is 16.6 Å². The molecule has 1 heterocycles. The first-order valence-corrected chi connectivity index (χ1v) is 12.5. The van der Waals surface area contributed by atoms with Crippen molar-refractivity contribution in [2.75, 3.05) is 44.7 Å². The molecule has 0 bridgehead atoms. The van der Waals surface area contributed by atoms with Crippen LogP contribution in [0, 0.1) is 0 Å². The first kappa shape index (κ1) is 21.8. The molecule has 1 amide bonds. The van der Waals surface area contributed by atoms with Crippen molar-refractivity contribution in [3.8, 4) is 0 Å². The Morgan fingerprint density at radius 3 is 2.34 bits per heavy atom. The van der Waals surface area contributed by atoms with Gasteiger partial charge in [-0.1, -0.05) is 42.5 Å². The lowest BCUT2D eigenvalue weighted by Crippen LogP contribution is -2.49. The van der Waals surface area contributed by atoms with Gasteiger partial charge in [-0.15, -0.1) is 11.8 Å². The summed E-state index contributed by atoms with van der Waals surface area (Å²) < 4.78 is 26.8. The molecule has 1 N–H and O–H groups in total. The largest absolute Gasteiger partial charge is 0.351 e. The summed E-state index contributed by atoms with van der Waals surface area (Å²) in [4.78, 5) is 15.5. The molecular weight excluding hydrogens is 406 g/mol. The van der Waals surface area contributed by atoms with Gasteiger partial charge in [0, 0.05) is 44.2 Å². The smallest absolute Gasteiger partial charge is 0.252 e. The predicted octanol–water partition coefficient (Wildman–Crippen LogP) is 2.29. The van der Waals surface area contributed by atoms with Crippen molar-refractivity contribution in [3.63, 3.8) is 0 Å². The van der Waals surface area contributed by atoms with E-state index in [1.165, 1.54) is 21.6 Å². The Morgan fingerprint density at radius 1 is 1.00 bits per heavy atom. The summed E-state index contributed by atoms with van der Waals surface area (Å²) in [6.07, 6.45) is 1.91. The lowest BCUT2D eigenvalue weighted by Gasteiger charge is -2.34. The Kier molecular flexibility index (Phi) is 7.71. The van der Waals surface area contributed by atoms with Crippen LogP contribution in [0.1, 0.15) is 15.9 Å². The van der Waals surface area contributed by atoms with Crippen LogP contribution in [0.3, 0.4) is 0 Å². The van der Waals surface area contributed by atoms with Crippen LogP contribution in [0.25, 0.3) is 0 Å². The van der Waals surface area contributed by atoms with Crippen molar-refractivity contribution < 1.29 is 13.2 Å². The zero-order valence-electron chi connectivity index (χ0n) is 16.6. The van der Waals surface area contributed by atoms with Crippen LogP contribution in [0.5, 0.6) is 0 Å². The van der Waals surface area contributed by atoms with Gasteiger partial charge in [0.15, 0.2) is 0 Å². The van der Waals surface area contributed by atoms with Gasteiger partial charge in [0.05, 0.1) is 11.3 Å². The second kappa shape index (κ2) is 10.2. The fourth-order valence-electron chi connectivity index (χ4n) is 3.36. The summed E-state index contributed by atoms with van der Waals surface area (Å²) in [5.41, 5.74) is 1.81. The predicted molar refractivity (Wildman–Crippen MR) is 118 cm³/mol. The van der Waals surface area contributed by atoms with Gasteiger partial charge in [-0.2, -0.15) is 4.31 Å². The molecule has 0 saturated carbocycles. The van der Waals surface area contributed by atoms with Crippen molar-refractivity contribution in [2.45, 2.75) is 11.4 Å². The zero-order chi connectivity index (χ0) is 20.7. The van der Waals surface area contributed by atoms with Crippen molar-refractivity contribution in [1.82, 2.24) is 14.5 Å². The molecule has 0 spiro atoms. The number of carbonyl (C=O) groups excluding carboxylic acids is 1. The Hall–Kier alpha value is -1.87. The minimum Gasteiger partial charge on any atom is -0.351 e. The fourth-order valence-corrected chi connectivity index (χ4v) is 5.29. The molecule has 1 aliphatic heterocycles. The van der Waals surface area contributed by atoms with Gasteiger partial charge in [-0.3, -0.25) is 9.69 Å². The SMILES string of the molecule is CSc1ccccc1C(=O)NCCS(=O)(=O)N1CCN(Cc2ccccc2)CC1. The molecule has 0 unspecified atom stereocenters. The number of piperazine rings is 1. The molecule has 0 atom stereocenters. The standard InChI is InChI=1S/C21H27N3O3S2/c1-28-20-10-6-5-9-19(20)21(25)22-11-16-29(26,27)24-14-12-23(13-15-24)17-18-7-3-2-4-8-18/h2-10H,11-17H2,1H3,(H,22,25). The lowest BCUT2D eigenvalue weighted by molar-refractivity contribution is 0.0953. The third kappa shape index (κ3) is 6.05. The second-order valence-electron chi connectivity index (χ2n) is 6.93. The number of carbonyl (C=O) groups is 1. The number of thioether (sulfide) groups is 1. The lowest BCUT2D eigenvalue weighted by atomic mass is 10.2. The maximum absolute atomic E-state index is 12.6. The van der Waals surface area contributed by atoms with E-state index in [9.17, 15) is 13.2 Å². The average molecular weight is 434 g/mol. The summed E-state index contributed by atoms with van der Waals surface area (Å²) in [5, 5.41) is 2.74. The number of sulfonamides is 1. The molecule has 2 aromatic rings. The zero-order valence-corrected chi connectivity index (χ0v) is 18.2. The second-order valence-corrected chi connectivity index (χ2v) is 9.87. The molecular formula is C21H27N3O3S2. The van der Waals surface area contributed by atoms with Gasteiger partial charge in [-0.05, 0) is 24.0 Å². The van der Waals surface area contributed by atoms with Crippen LogP contribution >= 0.6 is 11.8 Å². The highest BCUT2D eigenvalue weighted by Gasteiger charge is 2.26. The van der Waals surface area contributed by atoms with Gasteiger partial charge < -0.3 is 5.32 Å². The van der Waals surface area contributed by atoms with E-state index >= 15 is 0 Å². The van der Waals surface area contributed by atoms with E-state index in [2.05, 4.69) is 22.3 Å². The third-order valence-electron chi connectivity index (χ3n) is 4.97. The fraction of sp³-hybridized carbons (Fsp3) is 0.381. The van der Waals surface area contributed by atoms with E-state index in [1.54, 1.807) is 12.1 Å². The molecule has 6 nitrogen and oxygen atoms in total. The number of hydrogen-bond acceptors (Lipinski definition) is 5. The van der Waals surface area contributed by atoms with Gasteiger partial charge in [0.2, 0.25) is 10.0 Å². The topological polar surface area (TPSA) is 69.7 Å². The van der Waals surface area contributed by atoms with E-state index in [0.29, 0.717) is 31.7 Å². The number of nitrogens with zero attached hydrogens (tertiary/aromatic N) is 2. The van der Waals surface area contributed by atoms with E-state index in [-0.39, 0.29) is 18.2 Å². The van der Waals surface area contributed by atoms with Crippen LogP contribution in [-0.4, -0.2) is 68.3 Å². The molecule has 1 fully saturated rings. The summed E-state index contributed by atoms with van der Waals surface area (Å²) in [7, 11) is -3.39. The molecule has 0 aromatic heterocycles. The van der Waals surface area contributed by atoms with E-state index in [0.717, 1.165) is 11.4 Å². The Morgan fingerprint density at radius 2 is 1.66 bits per heavy atom. The highest BCUT2D eigenvalue weighted by molar-refractivity contribution is 7.98. The quantitative estimate of drug-likeness (QED) is 0.647. The molecule has 156 valence electrons. The molecule has 0 radical (unpaired) electrons. The summed E-state index contributed by atoms with van der Waals surface area (Å²) >= 11 is 1.49. The molecule has 29 heavy (non-hydrogen) atoms. The number of benzene rings is 2. The van der Waals surface area contributed by atoms with E-state index in [4.69, 9.17) is 0 Å². The highest BCUT2D eigenvalue weighted by Crippen LogP contribution is 2.19. The highest BCUT2D eigenvalue weighted by atomic mass is 32.2. The van der Waals surface area contributed by atoms with Gasteiger partial charge in [0.25, 0.3) is 5.91 Å². The van der Waals surface area contributed by atoms with Gasteiger partial charge >= 0.3 is 0 Å². The van der Waals surface area contributed by atoms with Crippen LogP contribution in [0.15, 0.2) is 59.5 Å². The normalized spacial score (nSPS) is 15.9. The summed E-state index contributed by atoms with van der Waals surface area (Å²) in [6.45, 7) is 3.33. The molecule has 1 saturated heterocycles. The molecule has 8 heteroatoms. The maximum Gasteiger partial charge on any atom is 0.252 e. The number of amides is 1. The number of hydrogen-bond donors (Lipinski definition) is 1. The van der Waals surface area contributed by atoms with E-state index in [1.807, 2.05) is 36.6 Å². The third-order valence-corrected chi connectivity index (χ3v) is 7.64. The molecule has 1 aliphatic rings. The van der Waals surface area contributed by atoms with Crippen LogP contribution < -0.4 is 5.32 Å². The van der Waals surface area contributed by atoms with Crippen molar-refractivity contribution in [3.05, 3.63) is 65.7 Å².